The van der Waals surface area contributed by atoms with Gasteiger partial charge in [0.25, 0.3) is 0 Å². The number of para-hydroxylation sites is 1. The van der Waals surface area contributed by atoms with Crippen LogP contribution < -0.4 is 9.47 Å². The van der Waals surface area contributed by atoms with Crippen LogP contribution in [-0.4, -0.2) is 65.8 Å². The molecule has 1 fully saturated rings. The van der Waals surface area contributed by atoms with E-state index in [1.165, 1.54) is 12.4 Å². The van der Waals surface area contributed by atoms with Crippen LogP contribution in [0.2, 0.25) is 5.02 Å². The Bertz CT molecular complexity index is 1260. The maximum Gasteiger partial charge on any atom is 0.160 e. The minimum atomic E-state index is -3.69. The number of nitrogens with zero attached hydrogens (tertiary/aromatic N) is 5. The molecule has 0 amide bonds. The number of methoxy groups -OCH3 is 2. The minimum Gasteiger partial charge on any atom is -0.494 e. The SMILES string of the molecule is COc1cccc(OC)c1-n1c(CC2COC2)nnc1CS(=O)(=O)[C@@H](C)[C@H](C)c1ncc(Cl)cn1. The van der Waals surface area contributed by atoms with Crippen LogP contribution in [0.5, 0.6) is 11.5 Å². The molecule has 1 aliphatic heterocycles. The van der Waals surface area contributed by atoms with Crippen LogP contribution in [0, 0.1) is 5.92 Å². The Morgan fingerprint density at radius 2 is 1.69 bits per heavy atom. The third-order valence-electron chi connectivity index (χ3n) is 6.25. The molecule has 3 aromatic rings. The van der Waals surface area contributed by atoms with Crippen LogP contribution in [0.3, 0.4) is 0 Å². The molecular formula is C23H28ClN5O5S. The van der Waals surface area contributed by atoms with E-state index >= 15 is 0 Å². The first-order valence-electron chi connectivity index (χ1n) is 11.2. The van der Waals surface area contributed by atoms with Crippen molar-refractivity contribution in [2.75, 3.05) is 27.4 Å². The van der Waals surface area contributed by atoms with Crippen molar-refractivity contribution in [3.8, 4) is 17.2 Å². The fourth-order valence-electron chi connectivity index (χ4n) is 3.94. The monoisotopic (exact) mass is 521 g/mol. The van der Waals surface area contributed by atoms with Gasteiger partial charge in [0, 0.05) is 30.7 Å². The molecule has 0 spiro atoms. The van der Waals surface area contributed by atoms with Crippen LogP contribution in [0.1, 0.15) is 37.2 Å². The predicted molar refractivity (Wildman–Crippen MR) is 130 cm³/mol. The van der Waals surface area contributed by atoms with Gasteiger partial charge in [-0.2, -0.15) is 0 Å². The Morgan fingerprint density at radius 1 is 1.09 bits per heavy atom. The first-order chi connectivity index (χ1) is 16.7. The average molecular weight is 522 g/mol. The van der Waals surface area contributed by atoms with Gasteiger partial charge in [-0.3, -0.25) is 4.57 Å². The summed E-state index contributed by atoms with van der Waals surface area (Å²) in [5.74, 6) is 1.83. The second-order valence-electron chi connectivity index (χ2n) is 8.55. The zero-order valence-corrected chi connectivity index (χ0v) is 21.6. The molecular weight excluding hydrogens is 494 g/mol. The van der Waals surface area contributed by atoms with Gasteiger partial charge < -0.3 is 14.2 Å². The van der Waals surface area contributed by atoms with Gasteiger partial charge in [0.1, 0.15) is 34.6 Å². The van der Waals surface area contributed by atoms with Gasteiger partial charge in [-0.15, -0.1) is 10.2 Å². The highest BCUT2D eigenvalue weighted by Gasteiger charge is 2.33. The molecule has 0 aliphatic carbocycles. The lowest BCUT2D eigenvalue weighted by molar-refractivity contribution is -0.0322. The Balaban J connectivity index is 1.73. The summed E-state index contributed by atoms with van der Waals surface area (Å²) in [4.78, 5) is 8.39. The highest BCUT2D eigenvalue weighted by molar-refractivity contribution is 7.91. The molecule has 10 nitrogen and oxygen atoms in total. The van der Waals surface area contributed by atoms with Crippen molar-refractivity contribution in [1.29, 1.82) is 0 Å². The second kappa shape index (κ2) is 10.5. The summed E-state index contributed by atoms with van der Waals surface area (Å²) in [6.45, 7) is 4.68. The molecule has 0 bridgehead atoms. The van der Waals surface area contributed by atoms with Crippen LogP contribution >= 0.6 is 11.6 Å². The molecule has 1 saturated heterocycles. The lowest BCUT2D eigenvalue weighted by Crippen LogP contribution is -2.30. The number of hydrogen-bond donors (Lipinski definition) is 0. The highest BCUT2D eigenvalue weighted by Crippen LogP contribution is 2.35. The van der Waals surface area contributed by atoms with Gasteiger partial charge in [0.2, 0.25) is 0 Å². The van der Waals surface area contributed by atoms with E-state index in [9.17, 15) is 8.42 Å². The van der Waals surface area contributed by atoms with Crippen molar-refractivity contribution in [2.45, 2.75) is 37.2 Å². The Hall–Kier alpha value is -2.76. The Labute approximate surface area is 209 Å². The van der Waals surface area contributed by atoms with E-state index in [-0.39, 0.29) is 17.5 Å². The van der Waals surface area contributed by atoms with Crippen molar-refractivity contribution in [3.05, 3.63) is 53.1 Å². The predicted octanol–water partition coefficient (Wildman–Crippen LogP) is 3.02. The van der Waals surface area contributed by atoms with E-state index in [1.54, 1.807) is 50.8 Å². The first-order valence-corrected chi connectivity index (χ1v) is 13.3. The summed E-state index contributed by atoms with van der Waals surface area (Å²) in [7, 11) is -0.590. The highest BCUT2D eigenvalue weighted by atomic mass is 35.5. The summed E-state index contributed by atoms with van der Waals surface area (Å²) in [5.41, 5.74) is 0.560. The molecule has 3 heterocycles. The van der Waals surface area contributed by atoms with Crippen LogP contribution in [0.15, 0.2) is 30.6 Å². The van der Waals surface area contributed by atoms with Gasteiger partial charge in [-0.05, 0) is 19.1 Å². The lowest BCUT2D eigenvalue weighted by atomic mass is 10.0. The quantitative estimate of drug-likeness (QED) is 0.396. The van der Waals surface area contributed by atoms with E-state index in [1.807, 2.05) is 0 Å². The third-order valence-corrected chi connectivity index (χ3v) is 8.65. The van der Waals surface area contributed by atoms with Crippen molar-refractivity contribution in [3.63, 3.8) is 0 Å². The molecule has 1 aliphatic rings. The fourth-order valence-corrected chi connectivity index (χ4v) is 5.59. The summed E-state index contributed by atoms with van der Waals surface area (Å²) in [5, 5.41) is 8.27. The molecule has 188 valence electrons. The molecule has 0 unspecified atom stereocenters. The molecule has 0 N–H and O–H groups in total. The first kappa shape index (κ1) is 25.3. The fraction of sp³-hybridized carbons (Fsp3) is 0.478. The van der Waals surface area contributed by atoms with Gasteiger partial charge >= 0.3 is 0 Å². The number of halogens is 1. The van der Waals surface area contributed by atoms with E-state index in [4.69, 9.17) is 25.8 Å². The van der Waals surface area contributed by atoms with Gasteiger partial charge in [-0.25, -0.2) is 18.4 Å². The second-order valence-corrected chi connectivity index (χ2v) is 11.3. The lowest BCUT2D eigenvalue weighted by Gasteiger charge is -2.26. The summed E-state index contributed by atoms with van der Waals surface area (Å²) < 4.78 is 45.3. The molecule has 35 heavy (non-hydrogen) atoms. The smallest absolute Gasteiger partial charge is 0.160 e. The normalized spacial score (nSPS) is 15.9. The number of sulfone groups is 1. The number of ether oxygens (including phenoxy) is 3. The van der Waals surface area contributed by atoms with E-state index in [0.29, 0.717) is 53.5 Å². The van der Waals surface area contributed by atoms with Crippen molar-refractivity contribution < 1.29 is 22.6 Å². The van der Waals surface area contributed by atoms with Crippen LogP contribution in [-0.2, 0) is 26.7 Å². The summed E-state index contributed by atoms with van der Waals surface area (Å²) in [6, 6.07) is 5.38. The van der Waals surface area contributed by atoms with Gasteiger partial charge in [-0.1, -0.05) is 24.6 Å². The Kier molecular flexibility index (Phi) is 7.58. The van der Waals surface area contributed by atoms with Crippen molar-refractivity contribution >= 4 is 21.4 Å². The molecule has 4 rings (SSSR count). The number of benzene rings is 1. The zero-order chi connectivity index (χ0) is 25.2. The summed E-state index contributed by atoms with van der Waals surface area (Å²) in [6.07, 6.45) is 3.50. The molecule has 0 saturated carbocycles. The topological polar surface area (TPSA) is 118 Å². The minimum absolute atomic E-state index is 0.277. The maximum atomic E-state index is 13.5. The number of aromatic nitrogens is 5. The molecule has 12 heteroatoms. The molecule has 2 aromatic heterocycles. The molecule has 2 atom stereocenters. The van der Waals surface area contributed by atoms with E-state index in [2.05, 4.69) is 20.2 Å². The molecule has 0 radical (unpaired) electrons. The van der Waals surface area contributed by atoms with Gasteiger partial charge in [0.05, 0.1) is 37.7 Å². The van der Waals surface area contributed by atoms with E-state index < -0.39 is 21.0 Å². The molecule has 1 aromatic carbocycles. The standard InChI is InChI=1S/C23H28ClN5O5S/c1-14(23-25-9-17(24)10-26-23)15(2)35(30,31)13-21-28-27-20(8-16-11-34-12-16)29(21)22-18(32-3)6-5-7-19(22)33-4/h5-7,9-10,14-16H,8,11-13H2,1-4H3/t14-,15-/m0/s1. The van der Waals surface area contributed by atoms with Crippen LogP contribution in [0.25, 0.3) is 5.69 Å². The number of hydrogen-bond acceptors (Lipinski definition) is 9. The average Bonchev–Trinajstić information content (AvgIpc) is 3.21. The summed E-state index contributed by atoms with van der Waals surface area (Å²) >= 11 is 5.88. The zero-order valence-electron chi connectivity index (χ0n) is 20.0. The van der Waals surface area contributed by atoms with Crippen molar-refractivity contribution in [1.82, 2.24) is 24.7 Å². The third kappa shape index (κ3) is 5.26. The van der Waals surface area contributed by atoms with E-state index in [0.717, 1.165) is 0 Å². The van der Waals surface area contributed by atoms with Gasteiger partial charge in [0.15, 0.2) is 15.7 Å². The number of rotatable bonds is 10. The van der Waals surface area contributed by atoms with Crippen LogP contribution in [0.4, 0.5) is 0 Å². The largest absolute Gasteiger partial charge is 0.494 e. The van der Waals surface area contributed by atoms with Crippen molar-refractivity contribution in [2.24, 2.45) is 5.92 Å². The Morgan fingerprint density at radius 3 is 2.23 bits per heavy atom. The maximum absolute atomic E-state index is 13.5.